The molecule has 1 fully saturated rings. The van der Waals surface area contributed by atoms with Crippen LogP contribution in [0.3, 0.4) is 0 Å². The number of nitrogens with zero attached hydrogens (tertiary/aromatic N) is 2. The maximum absolute atomic E-state index is 12.8. The zero-order chi connectivity index (χ0) is 22.0. The molecular weight excluding hydrogens is 394 g/mol. The standard InChI is InChI=1S/C24H27N3O4/c1-17-6-5-7-18(14-17)24(10-12-31-13-11-24)16-25-21(28)15-27-22(29)19-8-3-4-9-20(19)26(2)23(27)30/h3-9,14H,10-13,15-16H2,1-2H3,(H,25,28). The Kier molecular flexibility index (Phi) is 5.78. The number of nitrogens with one attached hydrogen (secondary N) is 1. The quantitative estimate of drug-likeness (QED) is 0.682. The number of carbonyl (C=O) groups is 1. The van der Waals surface area contributed by atoms with E-state index in [2.05, 4.69) is 30.4 Å². The summed E-state index contributed by atoms with van der Waals surface area (Å²) in [5.41, 5.74) is 1.72. The van der Waals surface area contributed by atoms with E-state index in [0.717, 1.165) is 17.4 Å². The summed E-state index contributed by atoms with van der Waals surface area (Å²) in [4.78, 5) is 38.3. The summed E-state index contributed by atoms with van der Waals surface area (Å²) in [6.07, 6.45) is 1.60. The fourth-order valence-electron chi connectivity index (χ4n) is 4.37. The fraction of sp³-hybridized carbons (Fsp3) is 0.375. The number of carbonyl (C=O) groups excluding carboxylic acids is 1. The molecule has 0 unspecified atom stereocenters. The maximum atomic E-state index is 12.8. The van der Waals surface area contributed by atoms with E-state index >= 15 is 0 Å². The predicted octanol–water partition coefficient (Wildman–Crippen LogP) is 1.87. The van der Waals surface area contributed by atoms with E-state index in [-0.39, 0.29) is 17.9 Å². The Morgan fingerprint density at radius 3 is 2.58 bits per heavy atom. The number of rotatable bonds is 5. The first-order chi connectivity index (χ1) is 14.9. The third kappa shape index (κ3) is 4.05. The average Bonchev–Trinajstić information content (AvgIpc) is 2.80. The Balaban J connectivity index is 1.57. The van der Waals surface area contributed by atoms with Gasteiger partial charge < -0.3 is 10.1 Å². The third-order valence-electron chi connectivity index (χ3n) is 6.26. The van der Waals surface area contributed by atoms with Gasteiger partial charge in [0.2, 0.25) is 5.91 Å². The van der Waals surface area contributed by atoms with Crippen molar-refractivity contribution in [3.05, 3.63) is 80.5 Å². The Morgan fingerprint density at radius 1 is 1.10 bits per heavy atom. The molecule has 2 heterocycles. The zero-order valence-electron chi connectivity index (χ0n) is 17.9. The molecule has 1 aliphatic rings. The highest BCUT2D eigenvalue weighted by atomic mass is 16.5. The van der Waals surface area contributed by atoms with E-state index < -0.39 is 11.2 Å². The number of benzene rings is 2. The minimum absolute atomic E-state index is 0.223. The van der Waals surface area contributed by atoms with E-state index in [1.807, 2.05) is 6.07 Å². The molecule has 1 N–H and O–H groups in total. The molecule has 31 heavy (non-hydrogen) atoms. The van der Waals surface area contributed by atoms with E-state index in [0.29, 0.717) is 30.7 Å². The number of aromatic nitrogens is 2. The Labute approximate surface area is 180 Å². The molecule has 1 aliphatic heterocycles. The topological polar surface area (TPSA) is 82.3 Å². The second kappa shape index (κ2) is 8.51. The van der Waals surface area contributed by atoms with Gasteiger partial charge in [-0.2, -0.15) is 0 Å². The molecule has 0 radical (unpaired) electrons. The molecule has 1 saturated heterocycles. The summed E-state index contributed by atoms with van der Waals surface area (Å²) in [5, 5.41) is 3.39. The van der Waals surface area contributed by atoms with E-state index in [4.69, 9.17) is 4.74 Å². The van der Waals surface area contributed by atoms with Crippen LogP contribution in [0, 0.1) is 6.92 Å². The molecular formula is C24H27N3O4. The van der Waals surface area contributed by atoms with Crippen molar-refractivity contribution >= 4 is 16.8 Å². The third-order valence-corrected chi connectivity index (χ3v) is 6.26. The van der Waals surface area contributed by atoms with Crippen LogP contribution in [0.25, 0.3) is 10.9 Å². The van der Waals surface area contributed by atoms with Gasteiger partial charge in [-0.3, -0.25) is 18.7 Å². The van der Waals surface area contributed by atoms with E-state index in [1.165, 1.54) is 15.7 Å². The molecule has 7 heteroatoms. The fourth-order valence-corrected chi connectivity index (χ4v) is 4.37. The highest BCUT2D eigenvalue weighted by molar-refractivity contribution is 5.79. The highest BCUT2D eigenvalue weighted by Crippen LogP contribution is 2.34. The van der Waals surface area contributed by atoms with Crippen molar-refractivity contribution in [2.45, 2.75) is 31.7 Å². The van der Waals surface area contributed by atoms with Crippen molar-refractivity contribution < 1.29 is 9.53 Å². The van der Waals surface area contributed by atoms with Crippen LogP contribution >= 0.6 is 0 Å². The average molecular weight is 421 g/mol. The van der Waals surface area contributed by atoms with Crippen LogP contribution in [0.4, 0.5) is 0 Å². The maximum Gasteiger partial charge on any atom is 0.331 e. The summed E-state index contributed by atoms with van der Waals surface area (Å²) in [6.45, 7) is 3.44. The molecule has 3 aromatic rings. The molecule has 1 aromatic heterocycles. The summed E-state index contributed by atoms with van der Waals surface area (Å²) in [7, 11) is 1.60. The molecule has 1 amide bonds. The summed E-state index contributed by atoms with van der Waals surface area (Å²) in [5.74, 6) is -0.354. The first-order valence-corrected chi connectivity index (χ1v) is 10.5. The van der Waals surface area contributed by atoms with Gasteiger partial charge in [0, 0.05) is 32.2 Å². The largest absolute Gasteiger partial charge is 0.381 e. The van der Waals surface area contributed by atoms with Gasteiger partial charge in [-0.15, -0.1) is 0 Å². The summed E-state index contributed by atoms with van der Waals surface area (Å²) >= 11 is 0. The Morgan fingerprint density at radius 2 is 1.84 bits per heavy atom. The lowest BCUT2D eigenvalue weighted by Gasteiger charge is -2.38. The first kappa shape index (κ1) is 21.1. The lowest BCUT2D eigenvalue weighted by Crippen LogP contribution is -2.47. The van der Waals surface area contributed by atoms with Gasteiger partial charge in [-0.05, 0) is 37.5 Å². The zero-order valence-corrected chi connectivity index (χ0v) is 17.9. The van der Waals surface area contributed by atoms with Crippen molar-refractivity contribution in [3.63, 3.8) is 0 Å². The van der Waals surface area contributed by atoms with Crippen molar-refractivity contribution in [1.82, 2.24) is 14.5 Å². The lowest BCUT2D eigenvalue weighted by atomic mass is 9.73. The van der Waals surface area contributed by atoms with Crippen LogP contribution in [0.5, 0.6) is 0 Å². The molecule has 162 valence electrons. The smallest absolute Gasteiger partial charge is 0.331 e. The van der Waals surface area contributed by atoms with E-state index in [9.17, 15) is 14.4 Å². The molecule has 0 spiro atoms. The van der Waals surface area contributed by atoms with Crippen LogP contribution in [0.2, 0.25) is 0 Å². The number of hydrogen-bond acceptors (Lipinski definition) is 4. The molecule has 0 aliphatic carbocycles. The number of ether oxygens (including phenoxy) is 1. The number of para-hydroxylation sites is 1. The normalized spacial score (nSPS) is 15.7. The van der Waals surface area contributed by atoms with Gasteiger partial charge in [0.25, 0.3) is 5.56 Å². The molecule has 0 saturated carbocycles. The van der Waals surface area contributed by atoms with Gasteiger partial charge in [-0.25, -0.2) is 4.79 Å². The van der Waals surface area contributed by atoms with Gasteiger partial charge in [0.1, 0.15) is 6.54 Å². The van der Waals surface area contributed by atoms with Crippen LogP contribution < -0.4 is 16.6 Å². The van der Waals surface area contributed by atoms with Crippen molar-refractivity contribution in [1.29, 1.82) is 0 Å². The summed E-state index contributed by atoms with van der Waals surface area (Å²) < 4.78 is 7.96. The molecule has 2 aromatic carbocycles. The minimum Gasteiger partial charge on any atom is -0.381 e. The second-order valence-electron chi connectivity index (χ2n) is 8.29. The number of hydrogen-bond donors (Lipinski definition) is 1. The number of fused-ring (bicyclic) bond motifs is 1. The van der Waals surface area contributed by atoms with Crippen molar-refractivity contribution in [2.75, 3.05) is 19.8 Å². The van der Waals surface area contributed by atoms with Crippen LogP contribution in [-0.4, -0.2) is 34.8 Å². The van der Waals surface area contributed by atoms with Gasteiger partial charge in [-0.1, -0.05) is 42.0 Å². The summed E-state index contributed by atoms with van der Waals surface area (Å²) in [6, 6.07) is 15.2. The van der Waals surface area contributed by atoms with Crippen molar-refractivity contribution in [2.24, 2.45) is 7.05 Å². The van der Waals surface area contributed by atoms with Crippen LogP contribution in [0.1, 0.15) is 24.0 Å². The number of amides is 1. The van der Waals surface area contributed by atoms with Gasteiger partial charge in [0.05, 0.1) is 10.9 Å². The molecule has 0 bridgehead atoms. The van der Waals surface area contributed by atoms with E-state index in [1.54, 1.807) is 31.3 Å². The monoisotopic (exact) mass is 421 g/mol. The molecule has 0 atom stereocenters. The lowest BCUT2D eigenvalue weighted by molar-refractivity contribution is -0.122. The van der Waals surface area contributed by atoms with Crippen molar-refractivity contribution in [3.8, 4) is 0 Å². The minimum atomic E-state index is -0.502. The predicted molar refractivity (Wildman–Crippen MR) is 119 cm³/mol. The van der Waals surface area contributed by atoms with Crippen LogP contribution in [0.15, 0.2) is 58.1 Å². The Bertz CT molecular complexity index is 1240. The van der Waals surface area contributed by atoms with Gasteiger partial charge >= 0.3 is 5.69 Å². The van der Waals surface area contributed by atoms with Crippen LogP contribution in [-0.2, 0) is 28.5 Å². The number of aryl methyl sites for hydroxylation is 2. The molecule has 7 nitrogen and oxygen atoms in total. The highest BCUT2D eigenvalue weighted by Gasteiger charge is 2.35. The first-order valence-electron chi connectivity index (χ1n) is 10.5. The Hall–Kier alpha value is -3.19. The van der Waals surface area contributed by atoms with Gasteiger partial charge in [0.15, 0.2) is 0 Å². The molecule has 4 rings (SSSR count). The SMILES string of the molecule is Cc1cccc(C2(CNC(=O)Cn3c(=O)c4ccccc4n(C)c3=O)CCOCC2)c1. The second-order valence-corrected chi connectivity index (χ2v) is 8.29.